The zero-order valence-corrected chi connectivity index (χ0v) is 34.4. The number of hydrogen-bond donors (Lipinski definition) is 0. The molecule has 10 heteroatoms. The van der Waals surface area contributed by atoms with Crippen molar-refractivity contribution in [1.29, 1.82) is 0 Å². The molecule has 6 fully saturated rings. The average Bonchev–Trinajstić information content (AvgIpc) is 3.32. The minimum absolute atomic E-state index is 0.0917. The zero-order chi connectivity index (χ0) is 40.7. The van der Waals surface area contributed by atoms with Crippen LogP contribution in [0.2, 0.25) is 0 Å². The number of nitrogens with zero attached hydrogens (tertiary/aromatic N) is 6. The van der Waals surface area contributed by atoms with Gasteiger partial charge in [-0.15, -0.1) is 13.2 Å². The molecule has 60 heavy (non-hydrogen) atoms. The molecule has 12 rings (SSSR count). The third-order valence-electron chi connectivity index (χ3n) is 13.9. The Bertz CT molecular complexity index is 2380. The lowest BCUT2D eigenvalue weighted by Gasteiger charge is -2.51. The topological polar surface area (TPSA) is 95.0 Å². The van der Waals surface area contributed by atoms with Crippen molar-refractivity contribution in [1.82, 2.24) is 29.7 Å². The Morgan fingerprint density at radius 1 is 0.633 bits per heavy atom. The second-order valence-corrected chi connectivity index (χ2v) is 16.9. The molecule has 306 valence electrons. The third-order valence-corrected chi connectivity index (χ3v) is 13.9. The fourth-order valence-electron chi connectivity index (χ4n) is 10.8. The van der Waals surface area contributed by atoms with E-state index in [0.29, 0.717) is 35.4 Å². The van der Waals surface area contributed by atoms with Crippen LogP contribution in [0, 0.1) is 23.7 Å². The first kappa shape index (κ1) is 38.4. The molecule has 2 unspecified atom stereocenters. The van der Waals surface area contributed by atoms with E-state index >= 15 is 0 Å². The monoisotopic (exact) mass is 800 g/mol. The first-order valence-electron chi connectivity index (χ1n) is 21.4. The predicted molar refractivity (Wildman–Crippen MR) is 234 cm³/mol. The quantitative estimate of drug-likeness (QED) is 0.105. The molecule has 4 bridgehead atoms. The number of piperidine rings is 6. The zero-order valence-electron chi connectivity index (χ0n) is 34.4. The molecule has 6 aliphatic heterocycles. The first-order chi connectivity index (χ1) is 29.5. The molecule has 0 radical (unpaired) electrons. The van der Waals surface area contributed by atoms with Gasteiger partial charge < -0.3 is 18.9 Å². The van der Waals surface area contributed by atoms with E-state index in [0.717, 1.165) is 107 Å². The lowest BCUT2D eigenvalue weighted by atomic mass is 9.73. The van der Waals surface area contributed by atoms with Gasteiger partial charge in [-0.2, -0.15) is 0 Å². The SMILES string of the molecule is C=C[C@H]1CN2CC[C@H]1C[C@@H]2[C@@H](Oc1ncnc(O[C@@H](c2ccnc3ccc(OC)cc23)[C@H]2C[C@@H]3CCN2C[C@@H]3C=C)c1-c1ccccc1)c1ccnc2ccc(OC)cc12. The number of benzene rings is 3. The molecule has 0 spiro atoms. The van der Waals surface area contributed by atoms with Crippen molar-refractivity contribution in [2.45, 2.75) is 50.0 Å². The summed E-state index contributed by atoms with van der Waals surface area (Å²) >= 11 is 0. The average molecular weight is 801 g/mol. The molecule has 10 nitrogen and oxygen atoms in total. The highest BCUT2D eigenvalue weighted by molar-refractivity contribution is 5.85. The summed E-state index contributed by atoms with van der Waals surface area (Å²) in [5.74, 6) is 4.47. The third kappa shape index (κ3) is 6.95. The summed E-state index contributed by atoms with van der Waals surface area (Å²) in [5.41, 5.74) is 5.50. The molecule has 9 heterocycles. The van der Waals surface area contributed by atoms with Crippen LogP contribution < -0.4 is 18.9 Å². The van der Waals surface area contributed by atoms with Gasteiger partial charge in [0.1, 0.15) is 35.6 Å². The van der Waals surface area contributed by atoms with Gasteiger partial charge in [0, 0.05) is 47.4 Å². The predicted octanol–water partition coefficient (Wildman–Crippen LogP) is 9.29. The largest absolute Gasteiger partial charge is 0.497 e. The summed E-state index contributed by atoms with van der Waals surface area (Å²) in [6, 6.07) is 26.8. The fourth-order valence-corrected chi connectivity index (χ4v) is 10.8. The summed E-state index contributed by atoms with van der Waals surface area (Å²) in [5, 5.41) is 1.99. The number of rotatable bonds is 13. The number of hydrogen-bond acceptors (Lipinski definition) is 10. The van der Waals surface area contributed by atoms with Gasteiger partial charge in [0.25, 0.3) is 0 Å². The fraction of sp³-hybridized carbons (Fsp3) is 0.360. The Kier molecular flexibility index (Phi) is 10.4. The lowest BCUT2D eigenvalue weighted by molar-refractivity contribution is -0.0388. The van der Waals surface area contributed by atoms with E-state index in [2.05, 4.69) is 71.5 Å². The lowest BCUT2D eigenvalue weighted by Crippen LogP contribution is -2.55. The maximum atomic E-state index is 7.47. The van der Waals surface area contributed by atoms with Crippen LogP contribution in [0.1, 0.15) is 49.0 Å². The van der Waals surface area contributed by atoms with Crippen LogP contribution in [-0.4, -0.2) is 82.2 Å². The van der Waals surface area contributed by atoms with E-state index < -0.39 is 0 Å². The molecule has 0 saturated carbocycles. The van der Waals surface area contributed by atoms with Crippen molar-refractivity contribution in [3.05, 3.63) is 134 Å². The molecule has 6 aliphatic rings. The molecule has 10 atom stereocenters. The molecular weight excluding hydrogens is 749 g/mol. The number of methoxy groups -OCH3 is 2. The van der Waals surface area contributed by atoms with Crippen molar-refractivity contribution in [2.75, 3.05) is 40.4 Å². The highest BCUT2D eigenvalue weighted by atomic mass is 16.5. The van der Waals surface area contributed by atoms with Crippen molar-refractivity contribution in [3.63, 3.8) is 0 Å². The molecule has 6 aromatic rings. The Balaban J connectivity index is 1.12. The molecule has 3 aromatic carbocycles. The van der Waals surface area contributed by atoms with Gasteiger partial charge in [0.2, 0.25) is 11.8 Å². The Hall–Kier alpha value is -5.84. The van der Waals surface area contributed by atoms with Crippen LogP contribution >= 0.6 is 0 Å². The van der Waals surface area contributed by atoms with Crippen LogP contribution in [0.25, 0.3) is 32.9 Å². The van der Waals surface area contributed by atoms with Crippen LogP contribution in [-0.2, 0) is 0 Å². The highest BCUT2D eigenvalue weighted by Gasteiger charge is 2.46. The minimum atomic E-state index is -0.384. The van der Waals surface area contributed by atoms with Gasteiger partial charge in [-0.25, -0.2) is 9.97 Å². The molecule has 0 amide bonds. The summed E-state index contributed by atoms with van der Waals surface area (Å²) in [4.78, 5) is 24.6. The molecule has 0 N–H and O–H groups in total. The smallest absolute Gasteiger partial charge is 0.229 e. The molecule has 6 saturated heterocycles. The Morgan fingerprint density at radius 3 is 1.57 bits per heavy atom. The van der Waals surface area contributed by atoms with E-state index in [-0.39, 0.29) is 24.3 Å². The van der Waals surface area contributed by atoms with E-state index in [9.17, 15) is 0 Å². The van der Waals surface area contributed by atoms with E-state index in [1.807, 2.05) is 54.9 Å². The number of aromatic nitrogens is 4. The first-order valence-corrected chi connectivity index (χ1v) is 21.4. The van der Waals surface area contributed by atoms with Crippen molar-refractivity contribution < 1.29 is 18.9 Å². The summed E-state index contributed by atoms with van der Waals surface area (Å²) in [6.07, 6.45) is 13.1. The van der Waals surface area contributed by atoms with Crippen LogP contribution in [0.15, 0.2) is 123 Å². The van der Waals surface area contributed by atoms with Gasteiger partial charge in [-0.05, 0) is 117 Å². The minimum Gasteiger partial charge on any atom is -0.497 e. The van der Waals surface area contributed by atoms with Crippen molar-refractivity contribution in [2.24, 2.45) is 23.7 Å². The van der Waals surface area contributed by atoms with Gasteiger partial charge in [0.15, 0.2) is 0 Å². The van der Waals surface area contributed by atoms with Gasteiger partial charge in [-0.1, -0.05) is 42.5 Å². The molecule has 0 aliphatic carbocycles. The van der Waals surface area contributed by atoms with E-state index in [4.69, 9.17) is 38.9 Å². The standard InChI is InChI=1S/C50H52N6O4/c1-5-31-28-55-22-18-34(31)24-44(55)47(38-16-20-51-42-14-12-36(57-3)26-40(38)42)59-49-46(33-10-8-7-9-11-33)50(54-30-53-49)60-48(45-25-35-19-23-56(45)29-32(35)6-2)39-17-21-52-43-15-13-37(58-4)27-41(39)43/h5-17,20-21,26-27,30-32,34-35,44-45,47-48H,1-2,18-19,22-25,28-29H2,3-4H3/t31-,32-,34-,35-,44+,45+,47-,48-/m0/s1. The summed E-state index contributed by atoms with van der Waals surface area (Å²) in [7, 11) is 3.40. The molecule has 3 aromatic heterocycles. The second kappa shape index (κ2) is 16.3. The van der Waals surface area contributed by atoms with Crippen LogP contribution in [0.5, 0.6) is 23.3 Å². The maximum Gasteiger partial charge on any atom is 0.229 e. The molecular formula is C50H52N6O4. The van der Waals surface area contributed by atoms with E-state index in [1.54, 1.807) is 20.5 Å². The summed E-state index contributed by atoms with van der Waals surface area (Å²) < 4.78 is 26.4. The summed E-state index contributed by atoms with van der Waals surface area (Å²) in [6.45, 7) is 12.3. The number of ether oxygens (including phenoxy) is 4. The van der Waals surface area contributed by atoms with Crippen LogP contribution in [0.3, 0.4) is 0 Å². The van der Waals surface area contributed by atoms with Gasteiger partial charge in [-0.3, -0.25) is 19.8 Å². The van der Waals surface area contributed by atoms with E-state index in [1.165, 1.54) is 0 Å². The van der Waals surface area contributed by atoms with Gasteiger partial charge in [0.05, 0.1) is 37.3 Å². The number of pyridine rings is 2. The highest BCUT2D eigenvalue weighted by Crippen LogP contribution is 2.48. The normalized spacial score (nSPS) is 26.6. The second-order valence-electron chi connectivity index (χ2n) is 16.9. The Labute approximate surface area is 351 Å². The van der Waals surface area contributed by atoms with Crippen molar-refractivity contribution >= 4 is 21.8 Å². The van der Waals surface area contributed by atoms with Gasteiger partial charge >= 0.3 is 0 Å². The van der Waals surface area contributed by atoms with Crippen molar-refractivity contribution in [3.8, 4) is 34.4 Å². The maximum absolute atomic E-state index is 7.47. The Morgan fingerprint density at radius 2 is 1.13 bits per heavy atom. The van der Waals surface area contributed by atoms with Crippen LogP contribution in [0.4, 0.5) is 0 Å². The number of fused-ring (bicyclic) bond motifs is 8.